The lowest BCUT2D eigenvalue weighted by molar-refractivity contribution is -0.124. The number of hydrogen-bond donors (Lipinski definition) is 3. The summed E-state index contributed by atoms with van der Waals surface area (Å²) in [6, 6.07) is 5.65. The van der Waals surface area contributed by atoms with Gasteiger partial charge in [0.25, 0.3) is 0 Å². The number of aryl methyl sites for hydroxylation is 1. The largest absolute Gasteiger partial charge is 0.376 e. The van der Waals surface area contributed by atoms with Crippen LogP contribution >= 0.6 is 0 Å². The number of carbonyl (C=O) groups excluding carboxylic acids is 2. The summed E-state index contributed by atoms with van der Waals surface area (Å²) < 4.78 is 10.7. The maximum atomic E-state index is 13.6. The number of Topliss-reactive ketones (excluding diaryl/α,β-unsaturated/α-hetero) is 1. The number of piperidine rings is 1. The van der Waals surface area contributed by atoms with Gasteiger partial charge in [0.15, 0.2) is 5.78 Å². The second-order valence-corrected chi connectivity index (χ2v) is 12.8. The maximum Gasteiger partial charge on any atom is 0.224 e. The standard InChI is InChI=1S/C33H44N6O4/c1-21-9-10-22-17-23(30(42-3)18-27(22)35-21)28-20-34-31(36-28)26(7-5-4-6-8-29(40)25-11-16-43-38-25)37-32(41)24-19-33(24)12-14-39(2)15-13-33/h9-11,16-18,20,23-24,26,30-31,34,36H,4-8,12-15,19H2,1-3H3,(H,37,41)/t23?,24-,26+,30?,31?/m1/s1. The molecule has 0 radical (unpaired) electrons. The van der Waals surface area contributed by atoms with Crippen LogP contribution in [0.2, 0.25) is 0 Å². The predicted octanol–water partition coefficient (Wildman–Crippen LogP) is 1.99. The van der Waals surface area contributed by atoms with Gasteiger partial charge in [-0.15, -0.1) is 0 Å². The highest BCUT2D eigenvalue weighted by atomic mass is 16.5. The lowest BCUT2D eigenvalue weighted by Crippen LogP contribution is -2.54. The van der Waals surface area contributed by atoms with E-state index in [1.165, 1.54) is 6.26 Å². The van der Waals surface area contributed by atoms with E-state index in [0.29, 0.717) is 12.1 Å². The number of rotatable bonds is 12. The predicted molar refractivity (Wildman–Crippen MR) is 163 cm³/mol. The summed E-state index contributed by atoms with van der Waals surface area (Å²) in [6.45, 7) is 4.12. The number of unbranched alkanes of at least 4 members (excludes halogenated alkanes) is 2. The van der Waals surface area contributed by atoms with Crippen LogP contribution in [-0.4, -0.2) is 72.3 Å². The van der Waals surface area contributed by atoms with Crippen LogP contribution in [-0.2, 0) is 9.53 Å². The van der Waals surface area contributed by atoms with E-state index in [0.717, 1.165) is 80.0 Å². The van der Waals surface area contributed by atoms with Gasteiger partial charge in [0, 0.05) is 49.0 Å². The number of carbonyl (C=O) groups is 2. The van der Waals surface area contributed by atoms with Gasteiger partial charge in [-0.25, -0.2) is 0 Å². The second-order valence-electron chi connectivity index (χ2n) is 12.8. The van der Waals surface area contributed by atoms with Gasteiger partial charge in [-0.2, -0.15) is 0 Å². The first-order chi connectivity index (χ1) is 20.8. The average Bonchev–Trinajstić information content (AvgIpc) is 3.36. The molecule has 3 N–H and O–H groups in total. The third kappa shape index (κ3) is 6.55. The van der Waals surface area contributed by atoms with Gasteiger partial charge in [-0.05, 0) is 81.9 Å². The van der Waals surface area contributed by atoms with Gasteiger partial charge in [-0.3, -0.25) is 14.6 Å². The number of hydrogen-bond acceptors (Lipinski definition) is 9. The lowest BCUT2D eigenvalue weighted by Gasteiger charge is -2.31. The molecular weight excluding hydrogens is 544 g/mol. The van der Waals surface area contributed by atoms with Crippen LogP contribution in [0.4, 0.5) is 0 Å². The number of amides is 1. The van der Waals surface area contributed by atoms with Gasteiger partial charge in [-0.1, -0.05) is 30.1 Å². The lowest BCUT2D eigenvalue weighted by atomic mass is 9.90. The Morgan fingerprint density at radius 3 is 2.79 bits per heavy atom. The Balaban J connectivity index is 1.09. The van der Waals surface area contributed by atoms with Gasteiger partial charge >= 0.3 is 0 Å². The fraction of sp³-hybridized carbons (Fsp3) is 0.576. The topological polar surface area (TPSA) is 122 Å². The highest BCUT2D eigenvalue weighted by molar-refractivity contribution is 5.93. The highest BCUT2D eigenvalue weighted by Crippen LogP contribution is 2.59. The molecule has 43 heavy (non-hydrogen) atoms. The van der Waals surface area contributed by atoms with Crippen molar-refractivity contribution in [2.24, 2.45) is 17.3 Å². The molecule has 5 atom stereocenters. The van der Waals surface area contributed by atoms with Crippen molar-refractivity contribution in [3.63, 3.8) is 0 Å². The second kappa shape index (κ2) is 12.6. The molecule has 1 amide bonds. The minimum atomic E-state index is -0.146. The molecular formula is C33H44N6O4. The van der Waals surface area contributed by atoms with E-state index in [4.69, 9.17) is 9.26 Å². The fourth-order valence-electron chi connectivity index (χ4n) is 6.99. The summed E-state index contributed by atoms with van der Waals surface area (Å²) in [7, 11) is 3.89. The molecule has 2 aromatic rings. The van der Waals surface area contributed by atoms with Crippen LogP contribution in [0.5, 0.6) is 0 Å². The molecule has 2 aromatic heterocycles. The molecule has 3 unspecified atom stereocenters. The monoisotopic (exact) mass is 588 g/mol. The summed E-state index contributed by atoms with van der Waals surface area (Å²) in [5, 5.41) is 16.5. The van der Waals surface area contributed by atoms with Crippen molar-refractivity contribution < 1.29 is 18.8 Å². The molecule has 1 saturated carbocycles. The number of fused-ring (bicyclic) bond motifs is 1. The average molecular weight is 589 g/mol. The normalized spacial score (nSPS) is 26.3. The summed E-state index contributed by atoms with van der Waals surface area (Å²) in [4.78, 5) is 32.9. The van der Waals surface area contributed by atoms with Crippen LogP contribution in [0.25, 0.3) is 12.2 Å². The van der Waals surface area contributed by atoms with E-state index >= 15 is 0 Å². The van der Waals surface area contributed by atoms with Crippen molar-refractivity contribution in [1.29, 1.82) is 0 Å². The minimum Gasteiger partial charge on any atom is -0.376 e. The van der Waals surface area contributed by atoms with Gasteiger partial charge < -0.3 is 30.1 Å². The number of nitrogens with one attached hydrogen (secondary N) is 3. The Kier molecular flexibility index (Phi) is 8.68. The maximum absolute atomic E-state index is 13.6. The Labute approximate surface area is 253 Å². The molecule has 230 valence electrons. The van der Waals surface area contributed by atoms with Crippen LogP contribution < -0.4 is 26.5 Å². The van der Waals surface area contributed by atoms with Crippen LogP contribution in [0.15, 0.2) is 40.9 Å². The van der Waals surface area contributed by atoms with E-state index in [9.17, 15) is 9.59 Å². The minimum absolute atomic E-state index is 0.00361. The third-order valence-electron chi connectivity index (χ3n) is 9.87. The number of ether oxygens (including phenoxy) is 1. The van der Waals surface area contributed by atoms with Crippen molar-refractivity contribution in [2.45, 2.75) is 76.6 Å². The molecule has 2 fully saturated rings. The molecule has 1 spiro atoms. The molecule has 0 bridgehead atoms. The van der Waals surface area contributed by atoms with Gasteiger partial charge in [0.05, 0.1) is 17.5 Å². The molecule has 4 aliphatic rings. The Morgan fingerprint density at radius 2 is 2.02 bits per heavy atom. The van der Waals surface area contributed by atoms with E-state index in [1.807, 2.05) is 19.2 Å². The summed E-state index contributed by atoms with van der Waals surface area (Å²) >= 11 is 0. The van der Waals surface area contributed by atoms with Crippen molar-refractivity contribution in [3.05, 3.63) is 58.3 Å². The number of pyridine rings is 1. The first-order valence-electron chi connectivity index (χ1n) is 15.7. The van der Waals surface area contributed by atoms with Gasteiger partial charge in [0.2, 0.25) is 5.91 Å². The zero-order valence-electron chi connectivity index (χ0n) is 25.5. The molecule has 2 aliphatic heterocycles. The SMILES string of the molecule is COC1C=c2nc(C)ccc2=CC1C1=CNC([C@H](CCCCCC(=O)c2ccon2)NC(=O)[C@H]2CC23CCN(C)CC3)N1. The quantitative estimate of drug-likeness (QED) is 0.253. The number of aromatic nitrogens is 2. The zero-order chi connectivity index (χ0) is 30.0. The molecule has 10 nitrogen and oxygen atoms in total. The zero-order valence-corrected chi connectivity index (χ0v) is 25.5. The van der Waals surface area contributed by atoms with Gasteiger partial charge in [0.1, 0.15) is 18.1 Å². The Morgan fingerprint density at radius 1 is 1.19 bits per heavy atom. The number of ketones is 1. The molecule has 6 rings (SSSR count). The van der Waals surface area contributed by atoms with Crippen LogP contribution in [0.3, 0.4) is 0 Å². The van der Waals surface area contributed by atoms with Crippen LogP contribution in [0.1, 0.15) is 67.5 Å². The summed E-state index contributed by atoms with van der Waals surface area (Å²) in [5.41, 5.74) is 2.58. The molecule has 4 heterocycles. The van der Waals surface area contributed by atoms with Crippen molar-refractivity contribution in [3.8, 4) is 0 Å². The number of likely N-dealkylation sites (tertiary alicyclic amines) is 1. The fourth-order valence-corrected chi connectivity index (χ4v) is 6.99. The van der Waals surface area contributed by atoms with Crippen molar-refractivity contribution in [2.75, 3.05) is 27.2 Å². The first kappa shape index (κ1) is 29.6. The Bertz CT molecular complexity index is 1460. The summed E-state index contributed by atoms with van der Waals surface area (Å²) in [6.07, 6.45) is 14.5. The highest BCUT2D eigenvalue weighted by Gasteiger charge is 2.58. The van der Waals surface area contributed by atoms with Crippen LogP contribution in [0, 0.1) is 24.2 Å². The molecule has 0 aromatic carbocycles. The molecule has 10 heteroatoms. The van der Waals surface area contributed by atoms with E-state index in [2.05, 4.69) is 56.3 Å². The van der Waals surface area contributed by atoms with Crippen molar-refractivity contribution >= 4 is 23.8 Å². The van der Waals surface area contributed by atoms with Crippen molar-refractivity contribution in [1.82, 2.24) is 31.0 Å². The van der Waals surface area contributed by atoms with E-state index < -0.39 is 0 Å². The molecule has 1 saturated heterocycles. The summed E-state index contributed by atoms with van der Waals surface area (Å²) in [5.74, 6) is 0.285. The first-order valence-corrected chi connectivity index (χ1v) is 15.7. The number of nitrogens with zero attached hydrogens (tertiary/aromatic N) is 3. The molecule has 2 aliphatic carbocycles. The number of methoxy groups -OCH3 is 1. The Hall–Kier alpha value is -3.50. The third-order valence-corrected chi connectivity index (χ3v) is 9.87. The van der Waals surface area contributed by atoms with E-state index in [1.54, 1.807) is 13.2 Å². The van der Waals surface area contributed by atoms with E-state index in [-0.39, 0.29) is 47.3 Å². The smallest absolute Gasteiger partial charge is 0.224 e.